The molecule has 74 heavy (non-hydrogen) atoms. The standard InChI is InChI=1S/C58H69FN8O7/c59-50-18-15-38(35-51-46-11-4-5-12-47(46)54(69)61-60-51)34-49(50)56(71)65-32-30-63(31-33-65)52(68)37-62-25-19-42(20-26-62)74-43-21-27-64(28-22-43)58(73)53(39-8-2-1-3-9-39)67-29-23-45-44(13-6-14-48(45)57(67)72)41-10-7-24-66(36-41)55(70)40-16-17-40/h4-6,11-15,18,23,29,34,39-43,53H,1-3,7-10,16-17,19-22,24-28,30-33,35-37H2,(H,61,69)/t41?,53-/m1/s1. The zero-order valence-electron chi connectivity index (χ0n) is 42.4. The van der Waals surface area contributed by atoms with Crippen molar-refractivity contribution in [3.05, 3.63) is 122 Å². The van der Waals surface area contributed by atoms with Gasteiger partial charge in [-0.25, -0.2) is 9.49 Å². The van der Waals surface area contributed by atoms with Crippen LogP contribution in [0.4, 0.5) is 4.39 Å². The molecule has 390 valence electrons. The van der Waals surface area contributed by atoms with E-state index >= 15 is 4.39 Å². The number of carbonyl (C=O) groups is 4. The van der Waals surface area contributed by atoms with Gasteiger partial charge >= 0.3 is 0 Å². The number of fused-ring (bicyclic) bond motifs is 2. The highest BCUT2D eigenvalue weighted by Crippen LogP contribution is 2.38. The predicted molar refractivity (Wildman–Crippen MR) is 279 cm³/mol. The van der Waals surface area contributed by atoms with E-state index in [1.54, 1.807) is 38.6 Å². The SMILES string of the molecule is O=C(CN1CCC(OC2CCN(C(=O)[C@@H](C3CCCCC3)n3ccc4c(C5CCCN(C(=O)C6CC6)C5)cccc4c3=O)CC2)CC1)N1CCN(C(=O)c2cc(Cc3n[nH]c(=O)c4ccccc34)ccc2F)CC1. The number of hydrogen-bond acceptors (Lipinski definition) is 9. The normalized spacial score (nSPS) is 21.3. The third kappa shape index (κ3) is 10.7. The van der Waals surface area contributed by atoms with Crippen LogP contribution in [0.2, 0.25) is 0 Å². The van der Waals surface area contributed by atoms with Crippen LogP contribution >= 0.6 is 0 Å². The van der Waals surface area contributed by atoms with E-state index in [-0.39, 0.29) is 70.9 Å². The van der Waals surface area contributed by atoms with Crippen molar-refractivity contribution in [3.63, 3.8) is 0 Å². The number of aromatic nitrogens is 3. The third-order valence-electron chi connectivity index (χ3n) is 17.1. The summed E-state index contributed by atoms with van der Waals surface area (Å²) in [4.78, 5) is 91.3. The monoisotopic (exact) mass is 1010 g/mol. The molecule has 1 unspecified atom stereocenters. The van der Waals surface area contributed by atoms with Gasteiger partial charge in [-0.05, 0) is 117 Å². The van der Waals surface area contributed by atoms with Crippen LogP contribution in [0.15, 0.2) is 82.5 Å². The van der Waals surface area contributed by atoms with Gasteiger partial charge in [-0.3, -0.25) is 33.7 Å². The Bertz CT molecular complexity index is 3020. The van der Waals surface area contributed by atoms with Crippen molar-refractivity contribution >= 4 is 45.2 Å². The summed E-state index contributed by atoms with van der Waals surface area (Å²) in [7, 11) is 0. The maximum Gasteiger partial charge on any atom is 0.272 e. The molecule has 2 aromatic heterocycles. The molecule has 4 amide bonds. The van der Waals surface area contributed by atoms with E-state index in [2.05, 4.69) is 27.2 Å². The summed E-state index contributed by atoms with van der Waals surface area (Å²) >= 11 is 0. The number of likely N-dealkylation sites (tertiary alicyclic amines) is 3. The minimum atomic E-state index is -0.611. The molecule has 0 spiro atoms. The van der Waals surface area contributed by atoms with Gasteiger partial charge in [0, 0.05) is 101 Å². The van der Waals surface area contributed by atoms with Crippen LogP contribution in [0.1, 0.15) is 123 Å². The highest BCUT2D eigenvalue weighted by Gasteiger charge is 2.39. The Morgan fingerprint density at radius 3 is 2.11 bits per heavy atom. The maximum absolute atomic E-state index is 15.1. The van der Waals surface area contributed by atoms with Gasteiger partial charge in [-0.15, -0.1) is 0 Å². The Labute approximate surface area is 431 Å². The Hall–Kier alpha value is -6.26. The van der Waals surface area contributed by atoms with E-state index in [0.29, 0.717) is 79.7 Å². The molecule has 6 aliphatic rings. The number of aromatic amines is 1. The number of nitrogens with one attached hydrogen (secondary N) is 1. The molecule has 2 aliphatic carbocycles. The lowest BCUT2D eigenvalue weighted by molar-refractivity contribution is -0.141. The lowest BCUT2D eigenvalue weighted by atomic mass is 9.82. The molecule has 6 fully saturated rings. The van der Waals surface area contributed by atoms with Crippen molar-refractivity contribution in [1.82, 2.24) is 39.3 Å². The number of rotatable bonds is 12. The highest BCUT2D eigenvalue weighted by atomic mass is 19.1. The number of amides is 4. The molecule has 11 rings (SSSR count). The molecule has 2 atom stereocenters. The molecule has 3 aromatic carbocycles. The van der Waals surface area contributed by atoms with E-state index in [9.17, 15) is 28.8 Å². The van der Waals surface area contributed by atoms with Crippen molar-refractivity contribution in [1.29, 1.82) is 0 Å². The number of benzene rings is 3. The highest BCUT2D eigenvalue weighted by molar-refractivity contribution is 5.95. The van der Waals surface area contributed by atoms with Crippen LogP contribution in [0.3, 0.4) is 0 Å². The number of piperazine rings is 1. The van der Waals surface area contributed by atoms with Crippen LogP contribution in [-0.4, -0.2) is 147 Å². The number of nitrogens with zero attached hydrogens (tertiary/aromatic N) is 7. The summed E-state index contributed by atoms with van der Waals surface area (Å²) in [6.45, 7) is 5.75. The largest absolute Gasteiger partial charge is 0.375 e. The molecule has 5 aromatic rings. The maximum atomic E-state index is 15.1. The number of carbonyl (C=O) groups excluding carboxylic acids is 4. The van der Waals surface area contributed by atoms with Crippen molar-refractivity contribution < 1.29 is 28.3 Å². The Morgan fingerprint density at radius 2 is 1.36 bits per heavy atom. The van der Waals surface area contributed by atoms with Crippen LogP contribution in [0, 0.1) is 17.7 Å². The number of H-pyrrole nitrogens is 1. The second-order valence-corrected chi connectivity index (χ2v) is 21.9. The smallest absolute Gasteiger partial charge is 0.272 e. The Kier molecular flexibility index (Phi) is 14.8. The molecule has 0 radical (unpaired) electrons. The molecule has 4 saturated heterocycles. The number of halogens is 1. The summed E-state index contributed by atoms with van der Waals surface area (Å²) in [5.74, 6) is -0.238. The number of ether oxygens (including phenoxy) is 1. The van der Waals surface area contributed by atoms with E-state index in [1.165, 1.54) is 6.07 Å². The van der Waals surface area contributed by atoms with Gasteiger partial charge in [0.15, 0.2) is 0 Å². The second kappa shape index (κ2) is 21.9. The van der Waals surface area contributed by atoms with Gasteiger partial charge in [-0.1, -0.05) is 55.7 Å². The molecule has 15 nitrogen and oxygen atoms in total. The van der Waals surface area contributed by atoms with Crippen molar-refractivity contribution in [2.45, 2.75) is 114 Å². The molecule has 6 heterocycles. The fourth-order valence-corrected chi connectivity index (χ4v) is 12.8. The summed E-state index contributed by atoms with van der Waals surface area (Å²) in [6.07, 6.45) is 14.4. The van der Waals surface area contributed by atoms with Gasteiger partial charge in [0.1, 0.15) is 11.9 Å². The van der Waals surface area contributed by atoms with Gasteiger partial charge in [0.25, 0.3) is 17.0 Å². The number of pyridine rings is 1. The van der Waals surface area contributed by atoms with Crippen molar-refractivity contribution in [2.75, 3.05) is 72.0 Å². The molecule has 0 bridgehead atoms. The minimum Gasteiger partial charge on any atom is -0.375 e. The van der Waals surface area contributed by atoms with Gasteiger partial charge in [0.05, 0.1) is 35.4 Å². The molecular weight excluding hydrogens is 940 g/mol. The predicted octanol–water partition coefficient (Wildman–Crippen LogP) is 6.66. The average molecular weight is 1010 g/mol. The first kappa shape index (κ1) is 49.9. The fraction of sp³-hybridized carbons (Fsp3) is 0.534. The van der Waals surface area contributed by atoms with Crippen molar-refractivity contribution in [3.8, 4) is 0 Å². The van der Waals surface area contributed by atoms with E-state index in [1.807, 2.05) is 40.3 Å². The Morgan fingerprint density at radius 1 is 0.662 bits per heavy atom. The zero-order valence-corrected chi connectivity index (χ0v) is 42.4. The quantitative estimate of drug-likeness (QED) is 0.144. The van der Waals surface area contributed by atoms with E-state index < -0.39 is 17.8 Å². The molecule has 1 N–H and O–H groups in total. The van der Waals surface area contributed by atoms with Crippen LogP contribution < -0.4 is 11.1 Å². The van der Waals surface area contributed by atoms with Gasteiger partial charge < -0.3 is 28.9 Å². The lowest BCUT2D eigenvalue weighted by Crippen LogP contribution is -2.53. The first-order valence-corrected chi connectivity index (χ1v) is 27.5. The summed E-state index contributed by atoms with van der Waals surface area (Å²) in [6, 6.07) is 19.1. The molecule has 4 aliphatic heterocycles. The first-order valence-electron chi connectivity index (χ1n) is 27.5. The number of piperidine rings is 3. The fourth-order valence-electron chi connectivity index (χ4n) is 12.8. The van der Waals surface area contributed by atoms with E-state index in [4.69, 9.17) is 4.74 Å². The van der Waals surface area contributed by atoms with Crippen LogP contribution in [-0.2, 0) is 25.5 Å². The lowest BCUT2D eigenvalue weighted by Gasteiger charge is -2.40. The first-order chi connectivity index (χ1) is 36.1. The van der Waals surface area contributed by atoms with Gasteiger partial charge in [0.2, 0.25) is 17.7 Å². The Balaban J connectivity index is 0.647. The summed E-state index contributed by atoms with van der Waals surface area (Å²) < 4.78 is 23.6. The van der Waals surface area contributed by atoms with Crippen LogP contribution in [0.5, 0.6) is 0 Å². The summed E-state index contributed by atoms with van der Waals surface area (Å²) in [5, 5.41) is 9.57. The summed E-state index contributed by atoms with van der Waals surface area (Å²) in [5.41, 5.74) is 2.01. The van der Waals surface area contributed by atoms with Crippen molar-refractivity contribution in [2.24, 2.45) is 11.8 Å². The number of hydrogen-bond donors (Lipinski definition) is 1. The molecular formula is C58H69FN8O7. The van der Waals surface area contributed by atoms with E-state index in [0.717, 1.165) is 114 Å². The third-order valence-corrected chi connectivity index (χ3v) is 17.1. The second-order valence-electron chi connectivity index (χ2n) is 21.9. The molecule has 16 heteroatoms. The minimum absolute atomic E-state index is 0.0122. The van der Waals surface area contributed by atoms with Crippen LogP contribution in [0.25, 0.3) is 21.5 Å². The van der Waals surface area contributed by atoms with Gasteiger partial charge in [-0.2, -0.15) is 5.10 Å². The molecule has 2 saturated carbocycles. The average Bonchev–Trinajstić information content (AvgIpc) is 4.30. The zero-order chi connectivity index (χ0) is 50.9. The topological polar surface area (TPSA) is 161 Å².